The molecule has 0 bridgehead atoms. The van der Waals surface area contributed by atoms with Crippen molar-refractivity contribution in [3.63, 3.8) is 0 Å². The second kappa shape index (κ2) is 9.85. The number of ether oxygens (including phenoxy) is 2. The third kappa shape index (κ3) is 5.07. The quantitative estimate of drug-likeness (QED) is 0.520. The minimum Gasteiger partial charge on any atom is -0.348 e. The lowest BCUT2D eigenvalue weighted by molar-refractivity contribution is -0.215. The van der Waals surface area contributed by atoms with Gasteiger partial charge in [-0.15, -0.1) is 0 Å². The molecule has 0 spiro atoms. The maximum absolute atomic E-state index is 14.3. The zero-order valence-electron chi connectivity index (χ0n) is 16.5. The van der Waals surface area contributed by atoms with Crippen molar-refractivity contribution in [2.24, 2.45) is 17.8 Å². The van der Waals surface area contributed by atoms with E-state index in [-0.39, 0.29) is 5.82 Å². The van der Waals surface area contributed by atoms with Crippen LogP contribution in [-0.4, -0.2) is 13.2 Å². The van der Waals surface area contributed by atoms with Crippen LogP contribution in [0, 0.1) is 23.6 Å². The fraction of sp³-hybridized carbons (Fsp3) is 0.739. The first-order valence-electron chi connectivity index (χ1n) is 10.7. The molecular formula is C23H35FO2. The summed E-state index contributed by atoms with van der Waals surface area (Å²) in [7, 11) is 0. The van der Waals surface area contributed by atoms with Gasteiger partial charge < -0.3 is 9.47 Å². The second-order valence-corrected chi connectivity index (χ2v) is 8.24. The maximum atomic E-state index is 14.3. The molecule has 1 saturated carbocycles. The van der Waals surface area contributed by atoms with E-state index in [0.717, 1.165) is 17.9 Å². The third-order valence-electron chi connectivity index (χ3n) is 6.42. The van der Waals surface area contributed by atoms with Crippen molar-refractivity contribution in [3.05, 3.63) is 35.1 Å². The lowest BCUT2D eigenvalue weighted by Gasteiger charge is -2.38. The van der Waals surface area contributed by atoms with Crippen LogP contribution in [-0.2, 0) is 15.9 Å². The Morgan fingerprint density at radius 3 is 2.31 bits per heavy atom. The molecule has 1 heterocycles. The SMILES string of the molecule is CCCCC[C@H]1CC[C@H](C2COC(c3ccc(CC)cc3F)OC2)CC1. The van der Waals surface area contributed by atoms with Gasteiger partial charge in [-0.1, -0.05) is 64.5 Å². The molecule has 0 radical (unpaired) electrons. The van der Waals surface area contributed by atoms with E-state index in [0.29, 0.717) is 30.6 Å². The molecule has 3 heteroatoms. The van der Waals surface area contributed by atoms with Crippen LogP contribution in [0.4, 0.5) is 4.39 Å². The average molecular weight is 363 g/mol. The molecule has 1 aromatic rings. The number of unbranched alkanes of at least 4 members (excludes halogenated alkanes) is 2. The number of halogens is 1. The third-order valence-corrected chi connectivity index (χ3v) is 6.42. The van der Waals surface area contributed by atoms with E-state index in [1.807, 2.05) is 19.1 Å². The van der Waals surface area contributed by atoms with Gasteiger partial charge in [-0.25, -0.2) is 4.39 Å². The van der Waals surface area contributed by atoms with E-state index in [1.165, 1.54) is 51.4 Å². The summed E-state index contributed by atoms with van der Waals surface area (Å²) < 4.78 is 26.1. The topological polar surface area (TPSA) is 18.5 Å². The lowest BCUT2D eigenvalue weighted by atomic mass is 9.74. The van der Waals surface area contributed by atoms with E-state index in [2.05, 4.69) is 6.92 Å². The summed E-state index contributed by atoms with van der Waals surface area (Å²) in [6, 6.07) is 5.39. The minimum atomic E-state index is -0.539. The highest BCUT2D eigenvalue weighted by Gasteiger charge is 2.33. The van der Waals surface area contributed by atoms with E-state index in [1.54, 1.807) is 6.07 Å². The Hall–Kier alpha value is -0.930. The summed E-state index contributed by atoms with van der Waals surface area (Å²) in [6.07, 6.45) is 11.1. The van der Waals surface area contributed by atoms with Crippen LogP contribution in [0.3, 0.4) is 0 Å². The predicted molar refractivity (Wildman–Crippen MR) is 104 cm³/mol. The van der Waals surface area contributed by atoms with Crippen LogP contribution < -0.4 is 0 Å². The van der Waals surface area contributed by atoms with Gasteiger partial charge in [-0.2, -0.15) is 0 Å². The highest BCUT2D eigenvalue weighted by molar-refractivity contribution is 5.25. The van der Waals surface area contributed by atoms with Gasteiger partial charge >= 0.3 is 0 Å². The highest BCUT2D eigenvalue weighted by Crippen LogP contribution is 2.39. The van der Waals surface area contributed by atoms with Gasteiger partial charge in [0.1, 0.15) is 5.82 Å². The molecule has 0 atom stereocenters. The monoisotopic (exact) mass is 362 g/mol. The Kier molecular flexibility index (Phi) is 7.51. The zero-order valence-corrected chi connectivity index (χ0v) is 16.5. The van der Waals surface area contributed by atoms with Gasteiger partial charge in [0.05, 0.1) is 13.2 Å². The van der Waals surface area contributed by atoms with Crippen LogP contribution in [0.25, 0.3) is 0 Å². The molecule has 1 aromatic carbocycles. The van der Waals surface area contributed by atoms with Crippen LogP contribution in [0.1, 0.15) is 82.6 Å². The number of benzene rings is 1. The Bertz CT molecular complexity index is 543. The molecule has 2 fully saturated rings. The van der Waals surface area contributed by atoms with Crippen molar-refractivity contribution in [2.45, 2.75) is 77.9 Å². The Labute approximate surface area is 158 Å². The Morgan fingerprint density at radius 2 is 1.69 bits per heavy atom. The van der Waals surface area contributed by atoms with E-state index in [9.17, 15) is 4.39 Å². The highest BCUT2D eigenvalue weighted by atomic mass is 19.1. The largest absolute Gasteiger partial charge is 0.348 e. The van der Waals surface area contributed by atoms with E-state index < -0.39 is 6.29 Å². The normalized spacial score (nSPS) is 29.7. The average Bonchev–Trinajstić information content (AvgIpc) is 2.69. The molecule has 3 rings (SSSR count). The first-order valence-corrected chi connectivity index (χ1v) is 10.7. The fourth-order valence-electron chi connectivity index (χ4n) is 4.58. The fourth-order valence-corrected chi connectivity index (χ4v) is 4.58. The van der Waals surface area contributed by atoms with Crippen molar-refractivity contribution >= 4 is 0 Å². The number of rotatable bonds is 7. The van der Waals surface area contributed by atoms with E-state index in [4.69, 9.17) is 9.47 Å². The van der Waals surface area contributed by atoms with Gasteiger partial charge in [0.15, 0.2) is 6.29 Å². The first kappa shape index (κ1) is 19.8. The summed E-state index contributed by atoms with van der Waals surface area (Å²) in [5.74, 6) is 1.91. The van der Waals surface area contributed by atoms with Gasteiger partial charge in [0.25, 0.3) is 0 Å². The smallest absolute Gasteiger partial charge is 0.186 e. The van der Waals surface area contributed by atoms with Gasteiger partial charge in [-0.3, -0.25) is 0 Å². The van der Waals surface area contributed by atoms with Gasteiger partial charge in [0.2, 0.25) is 0 Å². The molecule has 1 aliphatic heterocycles. The molecule has 0 amide bonds. The number of aryl methyl sites for hydroxylation is 1. The second-order valence-electron chi connectivity index (χ2n) is 8.24. The Balaban J connectivity index is 1.44. The summed E-state index contributed by atoms with van der Waals surface area (Å²) in [4.78, 5) is 0. The van der Waals surface area contributed by atoms with Crippen molar-refractivity contribution < 1.29 is 13.9 Å². The minimum absolute atomic E-state index is 0.208. The van der Waals surface area contributed by atoms with Crippen molar-refractivity contribution in [2.75, 3.05) is 13.2 Å². The lowest BCUT2D eigenvalue weighted by Crippen LogP contribution is -2.34. The molecule has 1 aliphatic carbocycles. The molecule has 0 unspecified atom stereocenters. The molecule has 0 N–H and O–H groups in total. The number of hydrogen-bond acceptors (Lipinski definition) is 2. The Morgan fingerprint density at radius 1 is 0.962 bits per heavy atom. The summed E-state index contributed by atoms with van der Waals surface area (Å²) in [6.45, 7) is 5.71. The summed E-state index contributed by atoms with van der Waals surface area (Å²) in [5.41, 5.74) is 1.55. The van der Waals surface area contributed by atoms with Gasteiger partial charge in [0, 0.05) is 11.5 Å². The van der Waals surface area contributed by atoms with Crippen LogP contribution in [0.5, 0.6) is 0 Å². The van der Waals surface area contributed by atoms with Crippen LogP contribution in [0.2, 0.25) is 0 Å². The molecule has 0 aromatic heterocycles. The molecule has 1 saturated heterocycles. The first-order chi connectivity index (χ1) is 12.7. The molecule has 146 valence electrons. The predicted octanol–water partition coefficient (Wildman–Crippen LogP) is 6.44. The zero-order chi connectivity index (χ0) is 18.4. The van der Waals surface area contributed by atoms with Crippen molar-refractivity contribution in [3.8, 4) is 0 Å². The van der Waals surface area contributed by atoms with Gasteiger partial charge in [-0.05, 0) is 42.7 Å². The van der Waals surface area contributed by atoms with Crippen molar-refractivity contribution in [1.82, 2.24) is 0 Å². The molecule has 26 heavy (non-hydrogen) atoms. The standard InChI is InChI=1S/C23H35FO2/c1-3-5-6-7-18-8-11-19(12-9-18)20-15-25-23(26-16-20)21-13-10-17(4-2)14-22(21)24/h10,13-14,18-20,23H,3-9,11-12,15-16H2,1-2H3/t18-,19-,20?,23?. The molecule has 2 nitrogen and oxygen atoms in total. The maximum Gasteiger partial charge on any atom is 0.186 e. The van der Waals surface area contributed by atoms with Crippen LogP contribution >= 0.6 is 0 Å². The summed E-state index contributed by atoms with van der Waals surface area (Å²) in [5, 5.41) is 0. The molecule has 2 aliphatic rings. The number of hydrogen-bond donors (Lipinski definition) is 0. The summed E-state index contributed by atoms with van der Waals surface area (Å²) >= 11 is 0. The van der Waals surface area contributed by atoms with Crippen molar-refractivity contribution in [1.29, 1.82) is 0 Å². The van der Waals surface area contributed by atoms with E-state index >= 15 is 0 Å². The van der Waals surface area contributed by atoms with Crippen LogP contribution in [0.15, 0.2) is 18.2 Å². The molecular weight excluding hydrogens is 327 g/mol.